The largest absolute Gasteiger partial charge is 0.397 e. The van der Waals surface area contributed by atoms with Crippen LogP contribution in [-0.4, -0.2) is 24.5 Å². The van der Waals surface area contributed by atoms with Crippen LogP contribution in [0.2, 0.25) is 0 Å². The third-order valence-electron chi connectivity index (χ3n) is 3.21. The number of hydrogen-bond donors (Lipinski definition) is 2. The number of halogens is 2. The van der Waals surface area contributed by atoms with Gasteiger partial charge in [-0.2, -0.15) is 0 Å². The minimum Gasteiger partial charge on any atom is -0.397 e. The molecule has 1 aromatic carbocycles. The second-order valence-corrected chi connectivity index (χ2v) is 5.65. The predicted molar refractivity (Wildman–Crippen MR) is 72.9 cm³/mol. The quantitative estimate of drug-likeness (QED) is 0.778. The van der Waals surface area contributed by atoms with E-state index in [2.05, 4.69) is 21.2 Å². The Kier molecular flexibility index (Phi) is 3.23. The van der Waals surface area contributed by atoms with Crippen LogP contribution in [-0.2, 0) is 4.79 Å². The minimum atomic E-state index is -0.743. The zero-order chi connectivity index (χ0) is 13.5. The summed E-state index contributed by atoms with van der Waals surface area (Å²) in [6.45, 7) is 4.71. The molecule has 1 saturated heterocycles. The molecule has 0 atom stereocenters. The molecule has 0 spiro atoms. The molecule has 1 fully saturated rings. The van der Waals surface area contributed by atoms with Gasteiger partial charge in [0.05, 0.1) is 15.8 Å². The van der Waals surface area contributed by atoms with Crippen LogP contribution in [0, 0.1) is 5.82 Å². The summed E-state index contributed by atoms with van der Waals surface area (Å²) in [6.07, 6.45) is 0. The van der Waals surface area contributed by atoms with Crippen LogP contribution in [0.4, 0.5) is 15.8 Å². The van der Waals surface area contributed by atoms with Gasteiger partial charge in [0, 0.05) is 19.2 Å². The van der Waals surface area contributed by atoms with Crippen LogP contribution in [0.3, 0.4) is 0 Å². The van der Waals surface area contributed by atoms with Gasteiger partial charge < -0.3 is 16.0 Å². The molecule has 1 amide bonds. The second kappa shape index (κ2) is 4.42. The summed E-state index contributed by atoms with van der Waals surface area (Å²) in [5.41, 5.74) is 6.18. The van der Waals surface area contributed by atoms with E-state index in [1.807, 2.05) is 4.90 Å². The van der Waals surface area contributed by atoms with Gasteiger partial charge in [0.15, 0.2) is 0 Å². The van der Waals surface area contributed by atoms with Gasteiger partial charge in [0.2, 0.25) is 5.91 Å². The van der Waals surface area contributed by atoms with Gasteiger partial charge in [-0.05, 0) is 35.8 Å². The first kappa shape index (κ1) is 13.1. The highest BCUT2D eigenvalue weighted by Gasteiger charge is 2.38. The van der Waals surface area contributed by atoms with Gasteiger partial charge in [0.1, 0.15) is 11.4 Å². The molecule has 0 aromatic heterocycles. The lowest BCUT2D eigenvalue weighted by Crippen LogP contribution is -2.62. The molecule has 0 bridgehead atoms. The minimum absolute atomic E-state index is 0.0866. The lowest BCUT2D eigenvalue weighted by molar-refractivity contribution is -0.126. The van der Waals surface area contributed by atoms with E-state index in [1.165, 1.54) is 12.1 Å². The Hall–Kier alpha value is -1.30. The zero-order valence-electron chi connectivity index (χ0n) is 10.3. The van der Waals surface area contributed by atoms with E-state index in [0.29, 0.717) is 28.9 Å². The van der Waals surface area contributed by atoms with Crippen molar-refractivity contribution in [1.29, 1.82) is 0 Å². The maximum atomic E-state index is 13.6. The van der Waals surface area contributed by atoms with Gasteiger partial charge >= 0.3 is 0 Å². The average Bonchev–Trinajstić information content (AvgIpc) is 2.28. The summed E-state index contributed by atoms with van der Waals surface area (Å²) in [7, 11) is 0. The van der Waals surface area contributed by atoms with E-state index < -0.39 is 5.54 Å². The van der Waals surface area contributed by atoms with E-state index in [0.717, 1.165) is 0 Å². The third kappa shape index (κ3) is 2.05. The molecular formula is C12H15BrFN3O. The molecule has 6 heteroatoms. The number of carbonyl (C=O) groups excluding carboxylic acids is 1. The van der Waals surface area contributed by atoms with E-state index in [4.69, 9.17) is 5.73 Å². The van der Waals surface area contributed by atoms with Crippen molar-refractivity contribution >= 4 is 33.2 Å². The van der Waals surface area contributed by atoms with Crippen LogP contribution in [0.1, 0.15) is 13.8 Å². The van der Waals surface area contributed by atoms with Crippen molar-refractivity contribution in [3.05, 3.63) is 22.4 Å². The fourth-order valence-electron chi connectivity index (χ4n) is 2.11. The van der Waals surface area contributed by atoms with Crippen molar-refractivity contribution < 1.29 is 9.18 Å². The first-order chi connectivity index (χ1) is 8.34. The molecule has 1 aromatic rings. The number of nitrogen functional groups attached to an aromatic ring is 1. The van der Waals surface area contributed by atoms with Crippen molar-refractivity contribution in [2.75, 3.05) is 23.7 Å². The van der Waals surface area contributed by atoms with Crippen molar-refractivity contribution in [2.24, 2.45) is 0 Å². The zero-order valence-corrected chi connectivity index (χ0v) is 11.8. The lowest BCUT2D eigenvalue weighted by Gasteiger charge is -2.43. The first-order valence-corrected chi connectivity index (χ1v) is 6.44. The first-order valence-electron chi connectivity index (χ1n) is 5.64. The summed E-state index contributed by atoms with van der Waals surface area (Å²) < 4.78 is 14.0. The number of rotatable bonds is 1. The number of piperazine rings is 1. The van der Waals surface area contributed by atoms with Crippen molar-refractivity contribution in [1.82, 2.24) is 5.32 Å². The predicted octanol–water partition coefficient (Wildman–Crippen LogP) is 1.89. The van der Waals surface area contributed by atoms with Crippen molar-refractivity contribution in [3.8, 4) is 0 Å². The normalized spacial score (nSPS) is 18.7. The van der Waals surface area contributed by atoms with E-state index in [1.54, 1.807) is 13.8 Å². The Morgan fingerprint density at radius 2 is 2.17 bits per heavy atom. The number of anilines is 2. The number of nitrogens with one attached hydrogen (secondary N) is 1. The smallest absolute Gasteiger partial charge is 0.245 e. The van der Waals surface area contributed by atoms with Gasteiger partial charge in [-0.1, -0.05) is 0 Å². The molecule has 3 N–H and O–H groups in total. The molecule has 98 valence electrons. The number of benzene rings is 1. The fourth-order valence-corrected chi connectivity index (χ4v) is 2.47. The molecular weight excluding hydrogens is 301 g/mol. The second-order valence-electron chi connectivity index (χ2n) is 4.79. The van der Waals surface area contributed by atoms with Gasteiger partial charge in [-0.25, -0.2) is 4.39 Å². The van der Waals surface area contributed by atoms with Gasteiger partial charge in [-0.15, -0.1) is 0 Å². The summed E-state index contributed by atoms with van der Waals surface area (Å²) in [5, 5.41) is 2.79. The van der Waals surface area contributed by atoms with Gasteiger partial charge in [0.25, 0.3) is 0 Å². The Bertz CT molecular complexity index is 504. The van der Waals surface area contributed by atoms with Crippen LogP contribution in [0.5, 0.6) is 0 Å². The van der Waals surface area contributed by atoms with Crippen molar-refractivity contribution in [3.63, 3.8) is 0 Å². The highest BCUT2D eigenvalue weighted by Crippen LogP contribution is 2.34. The summed E-state index contributed by atoms with van der Waals surface area (Å²) in [5.74, 6) is -0.475. The number of nitrogens with two attached hydrogens (primary N) is 1. The van der Waals surface area contributed by atoms with E-state index in [9.17, 15) is 9.18 Å². The maximum Gasteiger partial charge on any atom is 0.245 e. The Morgan fingerprint density at radius 3 is 2.83 bits per heavy atom. The molecule has 1 aliphatic heterocycles. The van der Waals surface area contributed by atoms with Crippen molar-refractivity contribution in [2.45, 2.75) is 19.4 Å². The highest BCUT2D eigenvalue weighted by atomic mass is 79.9. The molecule has 1 heterocycles. The maximum absolute atomic E-state index is 13.6. The molecule has 2 rings (SSSR count). The van der Waals surface area contributed by atoms with E-state index >= 15 is 0 Å². The van der Waals surface area contributed by atoms with Gasteiger partial charge in [-0.3, -0.25) is 4.79 Å². The lowest BCUT2D eigenvalue weighted by atomic mass is 9.97. The number of carbonyl (C=O) groups is 1. The number of amides is 1. The molecule has 1 aliphatic rings. The number of nitrogens with zero attached hydrogens (tertiary/aromatic N) is 1. The topological polar surface area (TPSA) is 58.4 Å². The standard InChI is InChI=1S/C12H15BrFN3O/c1-12(2)11(18)16-3-4-17(12)10-6-8(14)7(13)5-9(10)15/h5-6H,3-4,15H2,1-2H3,(H,16,18). The Morgan fingerprint density at radius 1 is 1.50 bits per heavy atom. The molecule has 0 radical (unpaired) electrons. The van der Waals surface area contributed by atoms with Crippen LogP contribution in [0.15, 0.2) is 16.6 Å². The summed E-state index contributed by atoms with van der Waals surface area (Å²) in [4.78, 5) is 13.7. The Balaban J connectivity index is 2.48. The summed E-state index contributed by atoms with van der Waals surface area (Å²) >= 11 is 3.09. The van der Waals surface area contributed by atoms with Crippen LogP contribution >= 0.6 is 15.9 Å². The summed E-state index contributed by atoms with van der Waals surface area (Å²) in [6, 6.07) is 2.88. The number of hydrogen-bond acceptors (Lipinski definition) is 3. The van der Waals surface area contributed by atoms with E-state index in [-0.39, 0.29) is 11.7 Å². The molecule has 0 aliphatic carbocycles. The Labute approximate surface area is 113 Å². The molecule has 4 nitrogen and oxygen atoms in total. The van der Waals surface area contributed by atoms with Crippen LogP contribution in [0.25, 0.3) is 0 Å². The average molecular weight is 316 g/mol. The SMILES string of the molecule is CC1(C)C(=O)NCCN1c1cc(F)c(Br)cc1N. The molecule has 0 saturated carbocycles. The molecule has 18 heavy (non-hydrogen) atoms. The third-order valence-corrected chi connectivity index (χ3v) is 3.82. The monoisotopic (exact) mass is 315 g/mol. The fraction of sp³-hybridized carbons (Fsp3) is 0.417. The molecule has 0 unspecified atom stereocenters. The van der Waals surface area contributed by atoms with Crippen LogP contribution < -0.4 is 16.0 Å². The highest BCUT2D eigenvalue weighted by molar-refractivity contribution is 9.10.